The number of benzene rings is 1. The van der Waals surface area contributed by atoms with Crippen LogP contribution in [-0.2, 0) is 4.74 Å². The quantitative estimate of drug-likeness (QED) is 0.886. The summed E-state index contributed by atoms with van der Waals surface area (Å²) in [6.45, 7) is 1.17. The minimum Gasteiger partial charge on any atom is -0.486 e. The van der Waals surface area contributed by atoms with Gasteiger partial charge in [0, 0.05) is 5.92 Å². The molecule has 4 rings (SSSR count). The van der Waals surface area contributed by atoms with Crippen LogP contribution in [0.1, 0.15) is 30.9 Å². The van der Waals surface area contributed by atoms with Gasteiger partial charge < -0.3 is 19.3 Å². The Morgan fingerprint density at radius 1 is 1.11 bits per heavy atom. The lowest BCUT2D eigenvalue weighted by Gasteiger charge is -2.26. The van der Waals surface area contributed by atoms with Crippen molar-refractivity contribution in [2.24, 2.45) is 5.92 Å². The molecule has 4 heteroatoms. The summed E-state index contributed by atoms with van der Waals surface area (Å²) >= 11 is 0. The third-order valence-corrected chi connectivity index (χ3v) is 4.47. The summed E-state index contributed by atoms with van der Waals surface area (Å²) in [6.07, 6.45) is 3.33. The maximum atomic E-state index is 10.6. The van der Waals surface area contributed by atoms with Crippen molar-refractivity contribution in [3.63, 3.8) is 0 Å². The number of aliphatic hydroxyl groups excluding tert-OH is 1. The molecule has 4 unspecified atom stereocenters. The SMILES string of the molecule is OC(c1ccc2c(c1)OCCO2)C1CC2CCC1O2. The van der Waals surface area contributed by atoms with Crippen molar-refractivity contribution in [2.45, 2.75) is 37.6 Å². The van der Waals surface area contributed by atoms with Gasteiger partial charge in [-0.05, 0) is 37.0 Å². The van der Waals surface area contributed by atoms with Crippen molar-refractivity contribution in [3.8, 4) is 11.5 Å². The molecule has 2 saturated heterocycles. The fraction of sp³-hybridized carbons (Fsp3) is 0.600. The fourth-order valence-corrected chi connectivity index (χ4v) is 3.50. The number of rotatable bonds is 2. The minimum absolute atomic E-state index is 0.223. The van der Waals surface area contributed by atoms with E-state index < -0.39 is 6.10 Å². The molecule has 19 heavy (non-hydrogen) atoms. The Balaban J connectivity index is 1.58. The van der Waals surface area contributed by atoms with Gasteiger partial charge in [0.2, 0.25) is 0 Å². The predicted octanol–water partition coefficient (Wildman–Crippen LogP) is 2.06. The molecule has 0 amide bonds. The van der Waals surface area contributed by atoms with Gasteiger partial charge in [-0.3, -0.25) is 0 Å². The van der Waals surface area contributed by atoms with Crippen LogP contribution in [0.5, 0.6) is 11.5 Å². The van der Waals surface area contributed by atoms with Crippen LogP contribution in [0, 0.1) is 5.92 Å². The van der Waals surface area contributed by atoms with Crippen LogP contribution in [0.15, 0.2) is 18.2 Å². The normalized spacial score (nSPS) is 33.4. The maximum Gasteiger partial charge on any atom is 0.161 e. The molecule has 0 aromatic heterocycles. The molecule has 2 bridgehead atoms. The van der Waals surface area contributed by atoms with Gasteiger partial charge in [-0.1, -0.05) is 6.07 Å². The second-order valence-corrected chi connectivity index (χ2v) is 5.62. The first-order valence-electron chi connectivity index (χ1n) is 7.04. The average molecular weight is 262 g/mol. The molecule has 0 radical (unpaired) electrons. The lowest BCUT2D eigenvalue weighted by Crippen LogP contribution is -2.24. The largest absolute Gasteiger partial charge is 0.486 e. The summed E-state index contributed by atoms with van der Waals surface area (Å²) in [6, 6.07) is 5.73. The summed E-state index contributed by atoms with van der Waals surface area (Å²) in [5, 5.41) is 10.6. The second-order valence-electron chi connectivity index (χ2n) is 5.62. The van der Waals surface area contributed by atoms with E-state index in [0.717, 1.165) is 36.3 Å². The van der Waals surface area contributed by atoms with Gasteiger partial charge in [-0.2, -0.15) is 0 Å². The molecule has 0 aliphatic carbocycles. The lowest BCUT2D eigenvalue weighted by atomic mass is 9.82. The highest BCUT2D eigenvalue weighted by Crippen LogP contribution is 2.45. The van der Waals surface area contributed by atoms with E-state index in [4.69, 9.17) is 14.2 Å². The first kappa shape index (κ1) is 11.6. The third kappa shape index (κ3) is 1.90. The average Bonchev–Trinajstić information content (AvgIpc) is 3.08. The van der Waals surface area contributed by atoms with Gasteiger partial charge in [-0.15, -0.1) is 0 Å². The van der Waals surface area contributed by atoms with Gasteiger partial charge in [0.15, 0.2) is 11.5 Å². The van der Waals surface area contributed by atoms with Gasteiger partial charge in [0.05, 0.1) is 18.3 Å². The van der Waals surface area contributed by atoms with E-state index in [1.807, 2.05) is 18.2 Å². The van der Waals surface area contributed by atoms with Crippen LogP contribution < -0.4 is 9.47 Å². The van der Waals surface area contributed by atoms with Crippen molar-refractivity contribution in [1.82, 2.24) is 0 Å². The molecule has 0 spiro atoms. The third-order valence-electron chi connectivity index (χ3n) is 4.47. The molecular weight excluding hydrogens is 244 g/mol. The summed E-state index contributed by atoms with van der Waals surface area (Å²) < 4.78 is 16.9. The molecule has 102 valence electrons. The van der Waals surface area contributed by atoms with E-state index >= 15 is 0 Å². The van der Waals surface area contributed by atoms with E-state index in [1.165, 1.54) is 0 Å². The van der Waals surface area contributed by atoms with Crippen LogP contribution in [-0.4, -0.2) is 30.5 Å². The number of aliphatic hydroxyl groups is 1. The highest BCUT2D eigenvalue weighted by Gasteiger charge is 2.44. The minimum atomic E-state index is -0.467. The molecule has 3 aliphatic rings. The fourth-order valence-electron chi connectivity index (χ4n) is 3.50. The van der Waals surface area contributed by atoms with Crippen molar-refractivity contribution in [3.05, 3.63) is 23.8 Å². The van der Waals surface area contributed by atoms with E-state index in [-0.39, 0.29) is 12.0 Å². The number of hydrogen-bond acceptors (Lipinski definition) is 4. The predicted molar refractivity (Wildman–Crippen MR) is 68.4 cm³/mol. The van der Waals surface area contributed by atoms with Crippen LogP contribution in [0.2, 0.25) is 0 Å². The molecular formula is C15H18O4. The Kier molecular flexibility index (Phi) is 2.67. The molecule has 3 aliphatic heterocycles. The summed E-state index contributed by atoms with van der Waals surface area (Å²) in [5.41, 5.74) is 0.908. The second kappa shape index (κ2) is 4.39. The van der Waals surface area contributed by atoms with E-state index in [0.29, 0.717) is 19.3 Å². The molecule has 3 heterocycles. The molecule has 0 saturated carbocycles. The number of fused-ring (bicyclic) bond motifs is 3. The Morgan fingerprint density at radius 2 is 1.95 bits per heavy atom. The zero-order valence-electron chi connectivity index (χ0n) is 10.7. The zero-order chi connectivity index (χ0) is 12.8. The molecule has 1 N–H and O–H groups in total. The highest BCUT2D eigenvalue weighted by molar-refractivity contribution is 5.44. The number of hydrogen-bond donors (Lipinski definition) is 1. The van der Waals surface area contributed by atoms with Gasteiger partial charge >= 0.3 is 0 Å². The van der Waals surface area contributed by atoms with E-state index in [1.54, 1.807) is 0 Å². The topological polar surface area (TPSA) is 47.9 Å². The molecule has 1 aromatic rings. The van der Waals surface area contributed by atoms with Crippen molar-refractivity contribution in [1.29, 1.82) is 0 Å². The first-order valence-corrected chi connectivity index (χ1v) is 7.04. The van der Waals surface area contributed by atoms with Gasteiger partial charge in [0.1, 0.15) is 13.2 Å². The van der Waals surface area contributed by atoms with Gasteiger partial charge in [0.25, 0.3) is 0 Å². The highest BCUT2D eigenvalue weighted by atomic mass is 16.6. The Hall–Kier alpha value is -1.26. The van der Waals surface area contributed by atoms with Crippen LogP contribution in [0.25, 0.3) is 0 Å². The standard InChI is InChI=1S/C15H18O4/c16-15(11-8-10-2-4-12(11)19-10)9-1-3-13-14(7-9)18-6-5-17-13/h1,3,7,10-12,15-16H,2,4-6,8H2. The molecule has 4 nitrogen and oxygen atoms in total. The summed E-state index contributed by atoms with van der Waals surface area (Å²) in [5.74, 6) is 1.74. The zero-order valence-corrected chi connectivity index (χ0v) is 10.7. The lowest BCUT2D eigenvalue weighted by molar-refractivity contribution is 0.0420. The maximum absolute atomic E-state index is 10.6. The Bertz CT molecular complexity index is 487. The van der Waals surface area contributed by atoms with E-state index in [2.05, 4.69) is 0 Å². The van der Waals surface area contributed by atoms with Crippen LogP contribution >= 0.6 is 0 Å². The summed E-state index contributed by atoms with van der Waals surface area (Å²) in [4.78, 5) is 0. The smallest absolute Gasteiger partial charge is 0.161 e. The van der Waals surface area contributed by atoms with Crippen LogP contribution in [0.3, 0.4) is 0 Å². The monoisotopic (exact) mass is 262 g/mol. The van der Waals surface area contributed by atoms with Crippen molar-refractivity contribution in [2.75, 3.05) is 13.2 Å². The number of ether oxygens (including phenoxy) is 3. The Morgan fingerprint density at radius 3 is 2.68 bits per heavy atom. The molecule has 2 fully saturated rings. The van der Waals surface area contributed by atoms with E-state index in [9.17, 15) is 5.11 Å². The first-order chi connectivity index (χ1) is 9.31. The summed E-state index contributed by atoms with van der Waals surface area (Å²) in [7, 11) is 0. The van der Waals surface area contributed by atoms with Crippen LogP contribution in [0.4, 0.5) is 0 Å². The molecule has 1 aromatic carbocycles. The van der Waals surface area contributed by atoms with Crippen molar-refractivity contribution < 1.29 is 19.3 Å². The molecule has 4 atom stereocenters. The Labute approximate surface area is 112 Å². The van der Waals surface area contributed by atoms with Gasteiger partial charge in [-0.25, -0.2) is 0 Å². The van der Waals surface area contributed by atoms with Crippen molar-refractivity contribution >= 4 is 0 Å².